The maximum Gasteiger partial charge on any atom is 0.159 e. The van der Waals surface area contributed by atoms with Gasteiger partial charge in [-0.2, -0.15) is 0 Å². The minimum atomic E-state index is -0.102. The molecule has 0 spiro atoms. The van der Waals surface area contributed by atoms with Gasteiger partial charge in [-0.3, -0.25) is 0 Å². The first kappa shape index (κ1) is 26.8. The largest absolute Gasteiger partial charge is 0.508 e. The van der Waals surface area contributed by atoms with E-state index in [1.54, 1.807) is 20.3 Å². The van der Waals surface area contributed by atoms with Gasteiger partial charge in [0.15, 0.2) is 6.29 Å². The second-order valence-electron chi connectivity index (χ2n) is 11.6. The van der Waals surface area contributed by atoms with E-state index in [-0.39, 0.29) is 6.29 Å². The number of benzene rings is 3. The molecule has 1 aliphatic heterocycles. The molecule has 3 aromatic rings. The van der Waals surface area contributed by atoms with Crippen LogP contribution in [0.1, 0.15) is 61.3 Å². The highest BCUT2D eigenvalue weighted by Crippen LogP contribution is 2.41. The van der Waals surface area contributed by atoms with Crippen LogP contribution < -0.4 is 4.90 Å². The summed E-state index contributed by atoms with van der Waals surface area (Å²) in [6.07, 6.45) is 6.38. The lowest BCUT2D eigenvalue weighted by Crippen LogP contribution is -2.39. The smallest absolute Gasteiger partial charge is 0.159 e. The van der Waals surface area contributed by atoms with Crippen LogP contribution in [0.5, 0.6) is 5.75 Å². The summed E-state index contributed by atoms with van der Waals surface area (Å²) in [4.78, 5) is 2.50. The molecule has 1 unspecified atom stereocenters. The Kier molecular flexibility index (Phi) is 8.40. The van der Waals surface area contributed by atoms with E-state index < -0.39 is 0 Å². The van der Waals surface area contributed by atoms with Gasteiger partial charge in [0.05, 0.1) is 0 Å². The third kappa shape index (κ3) is 5.77. The Morgan fingerprint density at radius 3 is 2.32 bits per heavy atom. The fraction of sp³-hybridized carbons (Fsp3) is 0.471. The number of phenolic OH excluding ortho intramolecular Hbond substituents is 1. The summed E-state index contributed by atoms with van der Waals surface area (Å²) in [5.74, 6) is 1.89. The molecule has 38 heavy (non-hydrogen) atoms. The van der Waals surface area contributed by atoms with Crippen LogP contribution in [0, 0.1) is 11.8 Å². The van der Waals surface area contributed by atoms with Crippen molar-refractivity contribution >= 4 is 5.69 Å². The Morgan fingerprint density at radius 2 is 1.66 bits per heavy atom. The summed E-state index contributed by atoms with van der Waals surface area (Å²) in [7, 11) is 3.48. The molecule has 0 bridgehead atoms. The molecule has 3 aromatic carbocycles. The van der Waals surface area contributed by atoms with Gasteiger partial charge in [0, 0.05) is 38.9 Å². The lowest BCUT2D eigenvalue weighted by Gasteiger charge is -2.36. The number of fused-ring (bicyclic) bond motifs is 1. The van der Waals surface area contributed by atoms with Crippen molar-refractivity contribution in [2.24, 2.45) is 11.8 Å². The van der Waals surface area contributed by atoms with Crippen LogP contribution in [0.25, 0.3) is 11.1 Å². The molecule has 0 saturated carbocycles. The van der Waals surface area contributed by atoms with E-state index in [0.717, 1.165) is 51.6 Å². The van der Waals surface area contributed by atoms with E-state index in [0.29, 0.717) is 23.5 Å². The van der Waals surface area contributed by atoms with Crippen LogP contribution in [0.3, 0.4) is 0 Å². The molecule has 4 heteroatoms. The molecule has 2 aliphatic rings. The standard InChI is InChI=1S/C34H43NO3/c1-23(2)20-29-9-8-28-21-27(26-6-5-7-31(36)22-26)12-15-32(28)33(29)24-10-13-30(14-11-24)35-18-16-25(17-19-35)34(37-3)38-4/h5-11,13-14,22-23,25,27,34,36H,12,15-21H2,1-4H3. The van der Waals surface area contributed by atoms with Crippen LogP contribution >= 0.6 is 0 Å². The first-order chi connectivity index (χ1) is 18.5. The molecule has 0 aromatic heterocycles. The predicted molar refractivity (Wildman–Crippen MR) is 156 cm³/mol. The third-order valence-corrected chi connectivity index (χ3v) is 8.59. The van der Waals surface area contributed by atoms with Gasteiger partial charge in [0.2, 0.25) is 0 Å². The van der Waals surface area contributed by atoms with Crippen LogP contribution in [0.4, 0.5) is 5.69 Å². The summed E-state index contributed by atoms with van der Waals surface area (Å²) >= 11 is 0. The van der Waals surface area contributed by atoms with E-state index in [9.17, 15) is 5.11 Å². The number of hydrogen-bond acceptors (Lipinski definition) is 4. The molecule has 1 aliphatic carbocycles. The van der Waals surface area contributed by atoms with Crippen molar-refractivity contribution < 1.29 is 14.6 Å². The van der Waals surface area contributed by atoms with Crippen LogP contribution in [0.2, 0.25) is 0 Å². The first-order valence-electron chi connectivity index (χ1n) is 14.3. The lowest BCUT2D eigenvalue weighted by molar-refractivity contribution is -0.141. The summed E-state index contributed by atoms with van der Waals surface area (Å²) < 4.78 is 11.0. The summed E-state index contributed by atoms with van der Waals surface area (Å²) in [5, 5.41) is 10.0. The van der Waals surface area contributed by atoms with Crippen molar-refractivity contribution in [3.63, 3.8) is 0 Å². The summed E-state index contributed by atoms with van der Waals surface area (Å²) in [5.41, 5.74) is 9.80. The number of rotatable bonds is 8. The van der Waals surface area contributed by atoms with E-state index in [1.807, 2.05) is 12.1 Å². The minimum Gasteiger partial charge on any atom is -0.508 e. The zero-order chi connectivity index (χ0) is 26.6. The van der Waals surface area contributed by atoms with Gasteiger partial charge in [-0.25, -0.2) is 0 Å². The number of piperidine rings is 1. The van der Waals surface area contributed by atoms with Crippen molar-refractivity contribution in [3.8, 4) is 16.9 Å². The number of phenols is 1. The van der Waals surface area contributed by atoms with Crippen LogP contribution in [-0.4, -0.2) is 38.7 Å². The Balaban J connectivity index is 1.39. The molecule has 4 nitrogen and oxygen atoms in total. The molecule has 202 valence electrons. The maximum absolute atomic E-state index is 10.0. The molecule has 0 radical (unpaired) electrons. The van der Waals surface area contributed by atoms with Crippen LogP contribution in [0.15, 0.2) is 60.7 Å². The highest BCUT2D eigenvalue weighted by Gasteiger charge is 2.27. The van der Waals surface area contributed by atoms with Crippen molar-refractivity contribution in [2.45, 2.75) is 64.6 Å². The highest BCUT2D eigenvalue weighted by molar-refractivity contribution is 5.75. The number of nitrogens with zero attached hydrogens (tertiary/aromatic N) is 1. The summed E-state index contributed by atoms with van der Waals surface area (Å²) in [6.45, 7) is 6.68. The van der Waals surface area contributed by atoms with Crippen molar-refractivity contribution in [1.82, 2.24) is 0 Å². The zero-order valence-corrected chi connectivity index (χ0v) is 23.5. The Labute approximate surface area is 228 Å². The van der Waals surface area contributed by atoms with Gasteiger partial charge in [0.25, 0.3) is 0 Å². The number of anilines is 1. The SMILES string of the molecule is COC(OC)C1CCN(c2ccc(-c3c(CC(C)C)ccc4c3CCC(c3cccc(O)c3)C4)cc2)CC1. The van der Waals surface area contributed by atoms with E-state index in [1.165, 1.54) is 39.1 Å². The topological polar surface area (TPSA) is 41.9 Å². The number of ether oxygens (including phenoxy) is 2. The van der Waals surface area contributed by atoms with Gasteiger partial charge < -0.3 is 19.5 Å². The zero-order valence-electron chi connectivity index (χ0n) is 23.5. The predicted octanol–water partition coefficient (Wildman–Crippen LogP) is 7.37. The number of hydrogen-bond donors (Lipinski definition) is 1. The van der Waals surface area contributed by atoms with Gasteiger partial charge in [0.1, 0.15) is 5.75 Å². The normalized spacial score (nSPS) is 18.3. The molecular weight excluding hydrogens is 470 g/mol. The average Bonchev–Trinajstić information content (AvgIpc) is 2.94. The molecule has 0 amide bonds. The fourth-order valence-electron chi connectivity index (χ4n) is 6.69. The van der Waals surface area contributed by atoms with Gasteiger partial charge >= 0.3 is 0 Å². The van der Waals surface area contributed by atoms with Gasteiger partial charge in [-0.15, -0.1) is 0 Å². The molecule has 5 rings (SSSR count). The van der Waals surface area contributed by atoms with Crippen LogP contribution in [-0.2, 0) is 28.7 Å². The van der Waals surface area contributed by atoms with E-state index in [4.69, 9.17) is 9.47 Å². The quantitative estimate of drug-likeness (QED) is 0.319. The third-order valence-electron chi connectivity index (χ3n) is 8.59. The first-order valence-corrected chi connectivity index (χ1v) is 14.3. The lowest BCUT2D eigenvalue weighted by atomic mass is 9.76. The Bertz CT molecular complexity index is 1210. The summed E-state index contributed by atoms with van der Waals surface area (Å²) in [6, 6.07) is 21.9. The highest BCUT2D eigenvalue weighted by atomic mass is 16.7. The van der Waals surface area contributed by atoms with Crippen molar-refractivity contribution in [2.75, 3.05) is 32.2 Å². The molecule has 1 fully saturated rings. The maximum atomic E-state index is 10.0. The number of methoxy groups -OCH3 is 2. The number of aromatic hydroxyl groups is 1. The van der Waals surface area contributed by atoms with Crippen molar-refractivity contribution in [1.29, 1.82) is 0 Å². The fourth-order valence-corrected chi connectivity index (χ4v) is 6.69. The van der Waals surface area contributed by atoms with Crippen molar-refractivity contribution in [3.05, 3.63) is 82.9 Å². The molecular formula is C34H43NO3. The second kappa shape index (κ2) is 11.9. The van der Waals surface area contributed by atoms with Gasteiger partial charge in [-0.05, 0) is 108 Å². The molecule has 1 atom stereocenters. The van der Waals surface area contributed by atoms with Gasteiger partial charge in [-0.1, -0.05) is 50.2 Å². The average molecular weight is 514 g/mol. The minimum absolute atomic E-state index is 0.102. The van der Waals surface area contributed by atoms with E-state index in [2.05, 4.69) is 61.2 Å². The monoisotopic (exact) mass is 513 g/mol. The Morgan fingerprint density at radius 1 is 0.921 bits per heavy atom. The second-order valence-corrected chi connectivity index (χ2v) is 11.6. The molecule has 1 N–H and O–H groups in total. The molecule has 1 saturated heterocycles. The van der Waals surface area contributed by atoms with E-state index >= 15 is 0 Å². The Hall–Kier alpha value is -2.82. The molecule has 1 heterocycles.